The van der Waals surface area contributed by atoms with Crippen molar-refractivity contribution in [2.45, 2.75) is 25.9 Å². The Morgan fingerprint density at radius 2 is 1.62 bits per heavy atom. The van der Waals surface area contributed by atoms with E-state index < -0.39 is 12.1 Å². The molecule has 8 nitrogen and oxygen atoms in total. The maximum Gasteiger partial charge on any atom is 0.426 e. The summed E-state index contributed by atoms with van der Waals surface area (Å²) >= 11 is 0. The largest absolute Gasteiger partial charge is 0.493 e. The van der Waals surface area contributed by atoms with Gasteiger partial charge in [0.25, 0.3) is 0 Å². The first-order valence-corrected chi connectivity index (χ1v) is 12.3. The average Bonchev–Trinajstić information content (AvgIpc) is 2.91. The Bertz CT molecular complexity index is 1270. The third-order valence-electron chi connectivity index (χ3n) is 5.41. The molecular weight excluding hydrogens is 510 g/mol. The molecule has 4 N–H and O–H groups in total. The first-order valence-electron chi connectivity index (χ1n) is 12.3. The molecule has 3 aromatic rings. The van der Waals surface area contributed by atoms with E-state index in [-0.39, 0.29) is 30.3 Å². The molecule has 0 aromatic heterocycles. The zero-order chi connectivity index (χ0) is 28.3. The van der Waals surface area contributed by atoms with E-state index in [1.807, 2.05) is 6.92 Å². The number of methoxy groups -OCH3 is 1. The number of rotatable bonds is 14. The van der Waals surface area contributed by atoms with Gasteiger partial charge in [0, 0.05) is 11.8 Å². The molecule has 0 fully saturated rings. The molecule has 0 bridgehead atoms. The molecule has 0 atom stereocenters. The number of carbonyl (C=O) groups excluding carboxylic acids is 1. The van der Waals surface area contributed by atoms with Crippen LogP contribution in [0.1, 0.15) is 30.9 Å². The summed E-state index contributed by atoms with van der Waals surface area (Å²) in [6.07, 6.45) is 0.883. The second kappa shape index (κ2) is 13.9. The highest BCUT2D eigenvalue weighted by Gasteiger charge is 2.35. The number of anilines is 2. The maximum atomic E-state index is 14.8. The molecule has 0 spiro atoms. The summed E-state index contributed by atoms with van der Waals surface area (Å²) in [4.78, 5) is 12.0. The lowest BCUT2D eigenvalue weighted by molar-refractivity contribution is -0.185. The molecule has 10 heteroatoms. The van der Waals surface area contributed by atoms with Gasteiger partial charge in [-0.25, -0.2) is 4.79 Å². The van der Waals surface area contributed by atoms with E-state index in [1.54, 1.807) is 18.2 Å². The second-order valence-corrected chi connectivity index (χ2v) is 8.40. The van der Waals surface area contributed by atoms with E-state index in [0.717, 1.165) is 12.8 Å². The topological polar surface area (TPSA) is 115 Å². The summed E-state index contributed by atoms with van der Waals surface area (Å²) < 4.78 is 56.0. The smallest absolute Gasteiger partial charge is 0.426 e. The van der Waals surface area contributed by atoms with Crippen LogP contribution in [-0.2, 0) is 15.6 Å². The first-order chi connectivity index (χ1) is 18.7. The van der Waals surface area contributed by atoms with Crippen LogP contribution in [0, 0.1) is 0 Å². The average molecular weight is 543 g/mol. The number of esters is 1. The minimum absolute atomic E-state index is 0.00544. The van der Waals surface area contributed by atoms with E-state index in [2.05, 4.69) is 0 Å². The van der Waals surface area contributed by atoms with E-state index >= 15 is 0 Å². The number of hydrogen-bond donors (Lipinski definition) is 2. The number of ether oxygens (including phenoxy) is 5. The highest BCUT2D eigenvalue weighted by atomic mass is 19.3. The molecule has 0 aliphatic rings. The maximum absolute atomic E-state index is 14.8. The number of alkyl halides is 2. The fourth-order valence-electron chi connectivity index (χ4n) is 3.35. The lowest BCUT2D eigenvalue weighted by Gasteiger charge is -2.20. The van der Waals surface area contributed by atoms with E-state index in [0.29, 0.717) is 35.0 Å². The predicted molar refractivity (Wildman–Crippen MR) is 145 cm³/mol. The van der Waals surface area contributed by atoms with Gasteiger partial charge in [0.1, 0.15) is 24.7 Å². The van der Waals surface area contributed by atoms with Crippen LogP contribution < -0.4 is 30.4 Å². The van der Waals surface area contributed by atoms with Crippen LogP contribution in [0.5, 0.6) is 23.0 Å². The van der Waals surface area contributed by atoms with Gasteiger partial charge in [-0.3, -0.25) is 0 Å². The van der Waals surface area contributed by atoms with Crippen molar-refractivity contribution in [3.8, 4) is 23.0 Å². The minimum atomic E-state index is -3.62. The van der Waals surface area contributed by atoms with Gasteiger partial charge in [-0.05, 0) is 66.6 Å². The fraction of sp³-hybridized carbons (Fsp3) is 0.276. The van der Waals surface area contributed by atoms with Crippen LogP contribution in [0.3, 0.4) is 0 Å². The number of halogens is 2. The van der Waals surface area contributed by atoms with Gasteiger partial charge in [-0.15, -0.1) is 0 Å². The molecule has 0 aliphatic carbocycles. The van der Waals surface area contributed by atoms with E-state index in [4.69, 9.17) is 35.2 Å². The molecule has 0 radical (unpaired) electrons. The third kappa shape index (κ3) is 8.80. The monoisotopic (exact) mass is 542 g/mol. The summed E-state index contributed by atoms with van der Waals surface area (Å²) in [6, 6.07) is 14.5. The summed E-state index contributed by atoms with van der Waals surface area (Å²) in [5.74, 6) is 0.378. The van der Waals surface area contributed by atoms with Crippen LogP contribution in [0.15, 0.2) is 66.7 Å². The van der Waals surface area contributed by atoms with Crippen LogP contribution in [0.2, 0.25) is 0 Å². The Kier molecular flexibility index (Phi) is 10.4. The number of carbonyl (C=O) groups is 1. The zero-order valence-electron chi connectivity index (χ0n) is 21.8. The minimum Gasteiger partial charge on any atom is -0.493 e. The molecule has 3 rings (SSSR count). The van der Waals surface area contributed by atoms with Crippen LogP contribution in [-0.4, -0.2) is 32.9 Å². The summed E-state index contributed by atoms with van der Waals surface area (Å²) in [5.41, 5.74) is 12.5. The summed E-state index contributed by atoms with van der Waals surface area (Å²) in [6.45, 7) is 2.60. The van der Waals surface area contributed by atoms with Crippen LogP contribution >= 0.6 is 0 Å². The van der Waals surface area contributed by atoms with Crippen molar-refractivity contribution in [3.63, 3.8) is 0 Å². The van der Waals surface area contributed by atoms with Gasteiger partial charge in [0.2, 0.25) is 0 Å². The van der Waals surface area contributed by atoms with Crippen molar-refractivity contribution in [1.29, 1.82) is 0 Å². The molecule has 3 aromatic carbocycles. The van der Waals surface area contributed by atoms with Gasteiger partial charge < -0.3 is 35.2 Å². The Morgan fingerprint density at radius 1 is 0.897 bits per heavy atom. The van der Waals surface area contributed by atoms with Crippen molar-refractivity contribution in [3.05, 3.63) is 77.9 Å². The van der Waals surface area contributed by atoms with Crippen molar-refractivity contribution in [1.82, 2.24) is 0 Å². The van der Waals surface area contributed by atoms with Crippen LogP contribution in [0.4, 0.5) is 20.2 Å². The Hall–Kier alpha value is -4.47. The number of benzene rings is 3. The fourth-order valence-corrected chi connectivity index (χ4v) is 3.35. The highest BCUT2D eigenvalue weighted by molar-refractivity contribution is 5.87. The normalized spacial score (nSPS) is 11.3. The first kappa shape index (κ1) is 29.1. The number of nitrogen functional groups attached to an aromatic ring is 2. The lowest BCUT2D eigenvalue weighted by Crippen LogP contribution is -2.22. The molecule has 0 saturated carbocycles. The van der Waals surface area contributed by atoms with Gasteiger partial charge in [0.05, 0.1) is 25.0 Å². The third-order valence-corrected chi connectivity index (χ3v) is 5.41. The number of nitrogens with two attached hydrogens (primary N) is 2. The predicted octanol–water partition coefficient (Wildman–Crippen LogP) is 5.80. The van der Waals surface area contributed by atoms with Gasteiger partial charge >= 0.3 is 12.1 Å². The quantitative estimate of drug-likeness (QED) is 0.114. The van der Waals surface area contributed by atoms with Crippen molar-refractivity contribution in [2.24, 2.45) is 0 Å². The van der Waals surface area contributed by atoms with Gasteiger partial charge in [0.15, 0.2) is 11.5 Å². The standard InChI is InChI=1S/C29H32F2N2O6/c1-3-4-15-36-26-12-8-21(18-27(26)35-2)29(30,31)39-23-10-5-20(6-11-23)7-14-28(34)38-17-16-37-25-13-9-22(32)19-24(25)33/h5-14,18-19H,3-4,15-17,32-33H2,1-2H3/b14-7+. The molecule has 39 heavy (non-hydrogen) atoms. The van der Waals surface area contributed by atoms with Gasteiger partial charge in [-0.2, -0.15) is 8.78 Å². The van der Waals surface area contributed by atoms with Gasteiger partial charge in [-0.1, -0.05) is 25.5 Å². The lowest BCUT2D eigenvalue weighted by atomic mass is 10.1. The summed E-state index contributed by atoms with van der Waals surface area (Å²) in [5, 5.41) is 0. The number of unbranched alkanes of at least 4 members (excludes halogenated alkanes) is 1. The van der Waals surface area contributed by atoms with Crippen molar-refractivity contribution < 1.29 is 37.3 Å². The molecule has 0 amide bonds. The van der Waals surface area contributed by atoms with Crippen LogP contribution in [0.25, 0.3) is 6.08 Å². The van der Waals surface area contributed by atoms with E-state index in [9.17, 15) is 13.6 Å². The molecule has 0 aliphatic heterocycles. The Balaban J connectivity index is 1.50. The molecule has 0 unspecified atom stereocenters. The Morgan fingerprint density at radius 3 is 2.31 bits per heavy atom. The molecule has 208 valence electrons. The SMILES string of the molecule is CCCCOc1ccc(C(F)(F)Oc2ccc(/C=C/C(=O)OCCOc3ccc(N)cc3N)cc2)cc1OC. The zero-order valence-corrected chi connectivity index (χ0v) is 21.8. The van der Waals surface area contributed by atoms with E-state index in [1.165, 1.54) is 61.7 Å². The number of hydrogen-bond acceptors (Lipinski definition) is 8. The van der Waals surface area contributed by atoms with Crippen molar-refractivity contribution in [2.75, 3.05) is 38.4 Å². The molecular formula is C29H32F2N2O6. The second-order valence-electron chi connectivity index (χ2n) is 8.40. The highest BCUT2D eigenvalue weighted by Crippen LogP contribution is 2.37. The molecule has 0 saturated heterocycles. The Labute approximate surface area is 226 Å². The summed E-state index contributed by atoms with van der Waals surface area (Å²) in [7, 11) is 1.39. The molecule has 0 heterocycles. The van der Waals surface area contributed by atoms with Crippen molar-refractivity contribution >= 4 is 23.4 Å².